The molecule has 0 fully saturated rings. The molecule has 2 aromatic rings. The highest BCUT2D eigenvalue weighted by molar-refractivity contribution is 7.15. The third-order valence-corrected chi connectivity index (χ3v) is 4.76. The molecule has 0 bridgehead atoms. The van der Waals surface area contributed by atoms with Gasteiger partial charge in [0.2, 0.25) is 0 Å². The third kappa shape index (κ3) is 3.80. The van der Waals surface area contributed by atoms with Gasteiger partial charge >= 0.3 is 5.97 Å². The van der Waals surface area contributed by atoms with Gasteiger partial charge in [0.1, 0.15) is 10.6 Å². The van der Waals surface area contributed by atoms with Crippen LogP contribution >= 0.6 is 11.3 Å². The van der Waals surface area contributed by atoms with Crippen LogP contribution in [0.1, 0.15) is 25.8 Å². The SMILES string of the molecule is O=C(O)c1ccc(C(=O)NCCCN2C(=O)COc3ccccc32)s1. The number of carboxylic acids is 1. The molecular weight excluding hydrogens is 344 g/mol. The van der Waals surface area contributed by atoms with Crippen LogP contribution in [0.25, 0.3) is 0 Å². The summed E-state index contributed by atoms with van der Waals surface area (Å²) in [5.74, 6) is -0.806. The molecule has 2 heterocycles. The molecule has 0 aliphatic carbocycles. The van der Waals surface area contributed by atoms with E-state index in [1.807, 2.05) is 24.3 Å². The summed E-state index contributed by atoms with van der Waals surface area (Å²) in [5.41, 5.74) is 0.731. The van der Waals surface area contributed by atoms with E-state index < -0.39 is 5.97 Å². The zero-order chi connectivity index (χ0) is 17.8. The van der Waals surface area contributed by atoms with E-state index in [9.17, 15) is 14.4 Å². The van der Waals surface area contributed by atoms with Crippen molar-refractivity contribution in [3.63, 3.8) is 0 Å². The molecule has 130 valence electrons. The quantitative estimate of drug-likeness (QED) is 0.768. The Hall–Kier alpha value is -2.87. The fourth-order valence-electron chi connectivity index (χ4n) is 2.50. The lowest BCUT2D eigenvalue weighted by Crippen LogP contribution is -2.40. The van der Waals surface area contributed by atoms with E-state index in [-0.39, 0.29) is 23.3 Å². The number of benzene rings is 1. The summed E-state index contributed by atoms with van der Waals surface area (Å²) in [6.07, 6.45) is 0.572. The Morgan fingerprint density at radius 1 is 1.20 bits per heavy atom. The zero-order valence-corrected chi connectivity index (χ0v) is 14.0. The molecule has 1 aliphatic rings. The highest BCUT2D eigenvalue weighted by Gasteiger charge is 2.24. The highest BCUT2D eigenvalue weighted by Crippen LogP contribution is 2.31. The van der Waals surface area contributed by atoms with Gasteiger partial charge in [0, 0.05) is 13.1 Å². The number of carboxylic acid groups (broad SMARTS) is 1. The van der Waals surface area contributed by atoms with E-state index >= 15 is 0 Å². The lowest BCUT2D eigenvalue weighted by atomic mass is 10.2. The number of carbonyl (C=O) groups excluding carboxylic acids is 2. The maximum atomic E-state index is 12.0. The van der Waals surface area contributed by atoms with Gasteiger partial charge < -0.3 is 20.1 Å². The number of hydrogen-bond acceptors (Lipinski definition) is 5. The Morgan fingerprint density at radius 2 is 1.96 bits per heavy atom. The molecule has 8 heteroatoms. The van der Waals surface area contributed by atoms with Gasteiger partial charge in [-0.25, -0.2) is 4.79 Å². The molecule has 2 amide bonds. The second kappa shape index (κ2) is 7.35. The summed E-state index contributed by atoms with van der Waals surface area (Å²) in [4.78, 5) is 37.0. The fraction of sp³-hybridized carbons (Fsp3) is 0.235. The van der Waals surface area contributed by atoms with Gasteiger partial charge in [-0.2, -0.15) is 0 Å². The van der Waals surface area contributed by atoms with Crippen LogP contribution in [0.4, 0.5) is 5.69 Å². The summed E-state index contributed by atoms with van der Waals surface area (Å²) in [5, 5.41) is 11.6. The maximum absolute atomic E-state index is 12.0. The number of ether oxygens (including phenoxy) is 1. The smallest absolute Gasteiger partial charge is 0.345 e. The molecule has 0 atom stereocenters. The van der Waals surface area contributed by atoms with Gasteiger partial charge in [-0.15, -0.1) is 11.3 Å². The van der Waals surface area contributed by atoms with Gasteiger partial charge in [0.15, 0.2) is 6.61 Å². The third-order valence-electron chi connectivity index (χ3n) is 3.69. The molecule has 0 unspecified atom stereocenters. The van der Waals surface area contributed by atoms with Crippen LogP contribution in [-0.4, -0.2) is 42.6 Å². The van der Waals surface area contributed by atoms with Crippen LogP contribution in [0.5, 0.6) is 5.75 Å². The summed E-state index contributed by atoms with van der Waals surface area (Å²) < 4.78 is 5.38. The Labute approximate surface area is 147 Å². The van der Waals surface area contributed by atoms with Gasteiger partial charge in [0.05, 0.1) is 10.6 Å². The first-order chi connectivity index (χ1) is 12.1. The standard InChI is InChI=1S/C17H16N2O5S/c20-15-10-24-12-5-2-1-4-11(12)19(15)9-3-8-18-16(21)13-6-7-14(25-13)17(22)23/h1-2,4-7H,3,8-10H2,(H,18,21)(H,22,23). The van der Waals surface area contributed by atoms with Crippen LogP contribution in [-0.2, 0) is 4.79 Å². The topological polar surface area (TPSA) is 95.9 Å². The number of hydrogen-bond donors (Lipinski definition) is 2. The summed E-state index contributed by atoms with van der Waals surface area (Å²) in [6.45, 7) is 0.854. The van der Waals surface area contributed by atoms with Crippen LogP contribution in [0.3, 0.4) is 0 Å². The van der Waals surface area contributed by atoms with Gasteiger partial charge in [-0.1, -0.05) is 12.1 Å². The van der Waals surface area contributed by atoms with Crippen LogP contribution in [0.15, 0.2) is 36.4 Å². The van der Waals surface area contributed by atoms with E-state index in [0.29, 0.717) is 30.1 Å². The van der Waals surface area contributed by atoms with Crippen LogP contribution in [0.2, 0.25) is 0 Å². The van der Waals surface area contributed by atoms with E-state index in [1.165, 1.54) is 12.1 Å². The number of nitrogens with one attached hydrogen (secondary N) is 1. The van der Waals surface area contributed by atoms with Crippen molar-refractivity contribution in [1.82, 2.24) is 5.32 Å². The zero-order valence-electron chi connectivity index (χ0n) is 13.2. The summed E-state index contributed by atoms with van der Waals surface area (Å²) in [7, 11) is 0. The molecule has 25 heavy (non-hydrogen) atoms. The first-order valence-electron chi connectivity index (χ1n) is 7.70. The number of anilines is 1. The Balaban J connectivity index is 1.52. The van der Waals surface area contributed by atoms with Crippen molar-refractivity contribution in [3.05, 3.63) is 46.2 Å². The molecule has 0 spiro atoms. The second-order valence-electron chi connectivity index (χ2n) is 5.38. The molecule has 3 rings (SSSR count). The lowest BCUT2D eigenvalue weighted by molar-refractivity contribution is -0.121. The molecule has 1 aromatic heterocycles. The minimum atomic E-state index is -1.05. The van der Waals surface area contributed by atoms with Crippen molar-refractivity contribution >= 4 is 34.8 Å². The van der Waals surface area contributed by atoms with Crippen molar-refractivity contribution < 1.29 is 24.2 Å². The van der Waals surface area contributed by atoms with Crippen LogP contribution < -0.4 is 15.0 Å². The average Bonchev–Trinajstić information content (AvgIpc) is 3.10. The maximum Gasteiger partial charge on any atom is 0.345 e. The monoisotopic (exact) mass is 360 g/mol. The first kappa shape index (κ1) is 17.0. The number of para-hydroxylation sites is 2. The molecule has 1 aromatic carbocycles. The van der Waals surface area contributed by atoms with Crippen molar-refractivity contribution in [1.29, 1.82) is 0 Å². The largest absolute Gasteiger partial charge is 0.482 e. The predicted octanol–water partition coefficient (Wildman–Crippen LogP) is 1.99. The molecule has 0 saturated carbocycles. The first-order valence-corrected chi connectivity index (χ1v) is 8.51. The van der Waals surface area contributed by atoms with Crippen LogP contribution in [0, 0.1) is 0 Å². The fourth-order valence-corrected chi connectivity index (χ4v) is 3.26. The average molecular weight is 360 g/mol. The summed E-state index contributed by atoms with van der Waals surface area (Å²) in [6, 6.07) is 10.2. The minimum Gasteiger partial charge on any atom is -0.482 e. The summed E-state index contributed by atoms with van der Waals surface area (Å²) >= 11 is 0.934. The highest BCUT2D eigenvalue weighted by atomic mass is 32.1. The van der Waals surface area contributed by atoms with E-state index in [0.717, 1.165) is 17.0 Å². The number of amides is 2. The van der Waals surface area contributed by atoms with E-state index in [4.69, 9.17) is 9.84 Å². The van der Waals surface area contributed by atoms with Gasteiger partial charge in [-0.3, -0.25) is 9.59 Å². The molecular formula is C17H16N2O5S. The number of rotatable bonds is 6. The predicted molar refractivity (Wildman–Crippen MR) is 92.5 cm³/mol. The van der Waals surface area contributed by atoms with Gasteiger partial charge in [0.25, 0.3) is 11.8 Å². The normalized spacial score (nSPS) is 13.1. The number of fused-ring (bicyclic) bond motifs is 1. The minimum absolute atomic E-state index is 0.0104. The molecule has 2 N–H and O–H groups in total. The van der Waals surface area contributed by atoms with Gasteiger partial charge in [-0.05, 0) is 30.7 Å². The molecule has 0 radical (unpaired) electrons. The van der Waals surface area contributed by atoms with Crippen molar-refractivity contribution in [3.8, 4) is 5.75 Å². The number of carbonyl (C=O) groups is 3. The Bertz CT molecular complexity index is 817. The Kier molecular flexibility index (Phi) is 4.99. The lowest BCUT2D eigenvalue weighted by Gasteiger charge is -2.29. The van der Waals surface area contributed by atoms with Crippen molar-refractivity contribution in [2.45, 2.75) is 6.42 Å². The number of thiophene rings is 1. The molecule has 7 nitrogen and oxygen atoms in total. The van der Waals surface area contributed by atoms with Crippen molar-refractivity contribution in [2.75, 3.05) is 24.6 Å². The van der Waals surface area contributed by atoms with Crippen molar-refractivity contribution in [2.24, 2.45) is 0 Å². The molecule has 1 aliphatic heterocycles. The Morgan fingerprint density at radius 3 is 2.72 bits per heavy atom. The van der Waals surface area contributed by atoms with E-state index in [2.05, 4.69) is 5.32 Å². The van der Waals surface area contributed by atoms with E-state index in [1.54, 1.807) is 4.90 Å². The number of aromatic carboxylic acids is 1. The number of nitrogens with zero attached hydrogens (tertiary/aromatic N) is 1. The second-order valence-corrected chi connectivity index (χ2v) is 6.46. The molecule has 0 saturated heterocycles.